The standard InChI is InChI=1S/C29H24N2/c1-3-25-27(21-12-6-4-7-13-21)30-29(22-14-8-5-9-15-22)31-28(25)24-17-18-26-20(2)11-10-16-23(26)19-24/h4-19H,3H2,1-2H3. The summed E-state index contributed by atoms with van der Waals surface area (Å²) in [5.74, 6) is 0.760. The van der Waals surface area contributed by atoms with Gasteiger partial charge in [-0.1, -0.05) is 97.9 Å². The van der Waals surface area contributed by atoms with Crippen LogP contribution in [-0.2, 0) is 6.42 Å². The molecule has 1 heterocycles. The van der Waals surface area contributed by atoms with Crippen molar-refractivity contribution < 1.29 is 0 Å². The van der Waals surface area contributed by atoms with Gasteiger partial charge in [-0.2, -0.15) is 0 Å². The summed E-state index contributed by atoms with van der Waals surface area (Å²) >= 11 is 0. The molecule has 0 fully saturated rings. The van der Waals surface area contributed by atoms with Crippen molar-refractivity contribution in [1.82, 2.24) is 9.97 Å². The van der Waals surface area contributed by atoms with Gasteiger partial charge in [-0.3, -0.25) is 0 Å². The minimum atomic E-state index is 0.760. The average molecular weight is 401 g/mol. The summed E-state index contributed by atoms with van der Waals surface area (Å²) in [6.07, 6.45) is 0.862. The lowest BCUT2D eigenvalue weighted by molar-refractivity contribution is 1.06. The first-order valence-electron chi connectivity index (χ1n) is 10.8. The Labute approximate surface area is 183 Å². The van der Waals surface area contributed by atoms with Gasteiger partial charge in [0.05, 0.1) is 11.4 Å². The van der Waals surface area contributed by atoms with E-state index in [-0.39, 0.29) is 0 Å². The van der Waals surface area contributed by atoms with Crippen LogP contribution in [0.3, 0.4) is 0 Å². The van der Waals surface area contributed by atoms with E-state index < -0.39 is 0 Å². The zero-order valence-corrected chi connectivity index (χ0v) is 17.8. The van der Waals surface area contributed by atoms with Gasteiger partial charge in [0.25, 0.3) is 0 Å². The SMILES string of the molecule is CCc1c(-c2ccccc2)nc(-c2ccccc2)nc1-c1ccc2c(C)cccc2c1. The van der Waals surface area contributed by atoms with Crippen molar-refractivity contribution in [2.45, 2.75) is 20.3 Å². The first-order chi connectivity index (χ1) is 15.2. The Morgan fingerprint density at radius 1 is 0.613 bits per heavy atom. The fourth-order valence-electron chi connectivity index (χ4n) is 4.20. The lowest BCUT2D eigenvalue weighted by atomic mass is 9.95. The number of nitrogens with zero attached hydrogens (tertiary/aromatic N) is 2. The summed E-state index contributed by atoms with van der Waals surface area (Å²) in [5.41, 5.74) is 7.77. The minimum Gasteiger partial charge on any atom is -0.228 e. The van der Waals surface area contributed by atoms with E-state index in [1.165, 1.54) is 21.9 Å². The second-order valence-electron chi connectivity index (χ2n) is 7.82. The van der Waals surface area contributed by atoms with Gasteiger partial charge >= 0.3 is 0 Å². The minimum absolute atomic E-state index is 0.760. The van der Waals surface area contributed by atoms with Crippen LogP contribution in [0.25, 0.3) is 44.7 Å². The molecule has 0 unspecified atom stereocenters. The number of hydrogen-bond donors (Lipinski definition) is 0. The summed E-state index contributed by atoms with van der Waals surface area (Å²) in [6, 6.07) is 33.8. The lowest BCUT2D eigenvalue weighted by Crippen LogP contribution is -2.02. The van der Waals surface area contributed by atoms with E-state index in [0.717, 1.165) is 40.3 Å². The first-order valence-corrected chi connectivity index (χ1v) is 10.8. The van der Waals surface area contributed by atoms with Crippen molar-refractivity contribution in [2.75, 3.05) is 0 Å². The molecule has 31 heavy (non-hydrogen) atoms. The van der Waals surface area contributed by atoms with Crippen LogP contribution in [0.4, 0.5) is 0 Å². The number of aromatic nitrogens is 2. The van der Waals surface area contributed by atoms with E-state index in [4.69, 9.17) is 9.97 Å². The summed E-state index contributed by atoms with van der Waals surface area (Å²) < 4.78 is 0. The van der Waals surface area contributed by atoms with Crippen LogP contribution >= 0.6 is 0 Å². The van der Waals surface area contributed by atoms with Gasteiger partial charge in [-0.15, -0.1) is 0 Å². The fraction of sp³-hybridized carbons (Fsp3) is 0.103. The van der Waals surface area contributed by atoms with Gasteiger partial charge in [0.15, 0.2) is 5.82 Å². The van der Waals surface area contributed by atoms with Gasteiger partial charge < -0.3 is 0 Å². The number of rotatable bonds is 4. The smallest absolute Gasteiger partial charge is 0.160 e. The van der Waals surface area contributed by atoms with Crippen LogP contribution in [0.15, 0.2) is 97.1 Å². The van der Waals surface area contributed by atoms with Crippen molar-refractivity contribution >= 4 is 10.8 Å². The molecule has 0 bridgehead atoms. The third-order valence-electron chi connectivity index (χ3n) is 5.81. The van der Waals surface area contributed by atoms with Crippen LogP contribution in [-0.4, -0.2) is 9.97 Å². The molecule has 0 aliphatic rings. The van der Waals surface area contributed by atoms with Crippen molar-refractivity contribution in [2.24, 2.45) is 0 Å². The highest BCUT2D eigenvalue weighted by Gasteiger charge is 2.17. The van der Waals surface area contributed by atoms with Gasteiger partial charge in [-0.05, 0) is 35.7 Å². The Bertz CT molecular complexity index is 1360. The van der Waals surface area contributed by atoms with Gasteiger partial charge in [0, 0.05) is 22.3 Å². The highest BCUT2D eigenvalue weighted by atomic mass is 14.9. The third-order valence-corrected chi connectivity index (χ3v) is 5.81. The molecule has 0 radical (unpaired) electrons. The number of aryl methyl sites for hydroxylation is 1. The second-order valence-corrected chi connectivity index (χ2v) is 7.82. The molecule has 0 aliphatic carbocycles. The maximum atomic E-state index is 5.09. The molecule has 1 aromatic heterocycles. The molecular formula is C29H24N2. The van der Waals surface area contributed by atoms with Gasteiger partial charge in [0.1, 0.15) is 0 Å². The number of benzene rings is 4. The Morgan fingerprint density at radius 2 is 1.26 bits per heavy atom. The van der Waals surface area contributed by atoms with E-state index in [2.05, 4.69) is 86.6 Å². The van der Waals surface area contributed by atoms with Crippen LogP contribution < -0.4 is 0 Å². The molecule has 0 spiro atoms. The highest BCUT2D eigenvalue weighted by Crippen LogP contribution is 2.34. The molecule has 2 heteroatoms. The average Bonchev–Trinajstić information content (AvgIpc) is 2.84. The molecule has 0 amide bonds. The monoisotopic (exact) mass is 400 g/mol. The summed E-state index contributed by atoms with van der Waals surface area (Å²) in [4.78, 5) is 10.1. The Kier molecular flexibility index (Phi) is 5.05. The quantitative estimate of drug-likeness (QED) is 0.312. The molecule has 0 saturated heterocycles. The normalized spacial score (nSPS) is 11.0. The Hall–Kier alpha value is -3.78. The lowest BCUT2D eigenvalue weighted by Gasteiger charge is -2.16. The maximum absolute atomic E-state index is 5.09. The van der Waals surface area contributed by atoms with Crippen molar-refractivity contribution in [1.29, 1.82) is 0 Å². The maximum Gasteiger partial charge on any atom is 0.160 e. The summed E-state index contributed by atoms with van der Waals surface area (Å²) in [7, 11) is 0. The van der Waals surface area contributed by atoms with E-state index >= 15 is 0 Å². The van der Waals surface area contributed by atoms with Crippen molar-refractivity contribution in [3.63, 3.8) is 0 Å². The van der Waals surface area contributed by atoms with Crippen LogP contribution in [0.1, 0.15) is 18.1 Å². The van der Waals surface area contributed by atoms with Crippen LogP contribution in [0, 0.1) is 6.92 Å². The molecule has 4 aromatic carbocycles. The number of hydrogen-bond acceptors (Lipinski definition) is 2. The molecule has 5 rings (SSSR count). The molecule has 0 aliphatic heterocycles. The Morgan fingerprint density at radius 3 is 1.94 bits per heavy atom. The Balaban J connectivity index is 1.80. The number of fused-ring (bicyclic) bond motifs is 1. The van der Waals surface area contributed by atoms with Crippen LogP contribution in [0.5, 0.6) is 0 Å². The molecule has 2 nitrogen and oxygen atoms in total. The zero-order valence-electron chi connectivity index (χ0n) is 17.8. The first kappa shape index (κ1) is 19.2. The molecular weight excluding hydrogens is 376 g/mol. The zero-order chi connectivity index (χ0) is 21.2. The van der Waals surface area contributed by atoms with E-state index in [0.29, 0.717) is 0 Å². The van der Waals surface area contributed by atoms with Gasteiger partial charge in [0.2, 0.25) is 0 Å². The fourth-order valence-corrected chi connectivity index (χ4v) is 4.20. The molecule has 150 valence electrons. The molecule has 0 atom stereocenters. The van der Waals surface area contributed by atoms with Crippen molar-refractivity contribution in [3.8, 4) is 33.9 Å². The van der Waals surface area contributed by atoms with Gasteiger partial charge in [-0.25, -0.2) is 9.97 Å². The van der Waals surface area contributed by atoms with E-state index in [1.54, 1.807) is 0 Å². The largest absolute Gasteiger partial charge is 0.228 e. The predicted octanol–water partition coefficient (Wildman–Crippen LogP) is 7.50. The highest BCUT2D eigenvalue weighted by molar-refractivity contribution is 5.90. The van der Waals surface area contributed by atoms with Crippen LogP contribution in [0.2, 0.25) is 0 Å². The van der Waals surface area contributed by atoms with E-state index in [9.17, 15) is 0 Å². The second kappa shape index (κ2) is 8.16. The topological polar surface area (TPSA) is 25.8 Å². The predicted molar refractivity (Wildman–Crippen MR) is 130 cm³/mol. The summed E-state index contributed by atoms with van der Waals surface area (Å²) in [5, 5.41) is 2.52. The third kappa shape index (κ3) is 3.62. The molecule has 0 N–H and O–H groups in total. The summed E-state index contributed by atoms with van der Waals surface area (Å²) in [6.45, 7) is 4.34. The molecule has 0 saturated carbocycles. The van der Waals surface area contributed by atoms with Crippen molar-refractivity contribution in [3.05, 3.63) is 108 Å². The van der Waals surface area contributed by atoms with E-state index in [1.807, 2.05) is 24.3 Å². The molecule has 5 aromatic rings.